The first-order valence-corrected chi connectivity index (χ1v) is 9.63. The lowest BCUT2D eigenvalue weighted by molar-refractivity contribution is -0.0517. The Kier molecular flexibility index (Phi) is 7.24. The van der Waals surface area contributed by atoms with E-state index in [4.69, 9.17) is 24.6 Å². The molecule has 1 aromatic carbocycles. The van der Waals surface area contributed by atoms with Gasteiger partial charge in [0.2, 0.25) is 0 Å². The Morgan fingerprint density at radius 3 is 2.00 bits per heavy atom. The second kappa shape index (κ2) is 8.24. The molecule has 0 amide bonds. The molecule has 0 unspecified atom stereocenters. The Hall–Kier alpha value is -0.700. The molecule has 0 aromatic heterocycles. The number of benzene rings is 1. The van der Waals surface area contributed by atoms with Crippen LogP contribution in [0.5, 0.6) is 0 Å². The first-order valence-electron chi connectivity index (χ1n) is 6.22. The normalized spacial score (nSPS) is 16.6. The van der Waals surface area contributed by atoms with Crippen molar-refractivity contribution in [3.63, 3.8) is 0 Å². The minimum Gasteiger partial charge on any atom is -0.741 e. The zero-order valence-corrected chi connectivity index (χ0v) is 13.7. The van der Waals surface area contributed by atoms with Crippen LogP contribution in [0, 0.1) is 0 Å². The molecule has 2 rings (SSSR count). The van der Waals surface area contributed by atoms with Gasteiger partial charge in [0.25, 0.3) is 0 Å². The van der Waals surface area contributed by atoms with Gasteiger partial charge in [-0.15, -0.1) is 0 Å². The molecular weight excluding hydrogens is 361 g/mol. The first kappa shape index (κ1) is 19.3. The lowest BCUT2D eigenvalue weighted by atomic mass is 10.2. The maximum absolute atomic E-state index is 10.7. The monoisotopic (exact) mass is 374 g/mol. The lowest BCUT2D eigenvalue weighted by Crippen LogP contribution is -2.21. The van der Waals surface area contributed by atoms with Crippen LogP contribution in [-0.4, -0.2) is 30.0 Å². The highest BCUT2D eigenvalue weighted by Gasteiger charge is 2.36. The summed E-state index contributed by atoms with van der Waals surface area (Å²) in [4.78, 5) is 0. The van der Waals surface area contributed by atoms with Crippen molar-refractivity contribution in [2.75, 3.05) is 11.5 Å². The first-order chi connectivity index (χ1) is 10.1. The summed E-state index contributed by atoms with van der Waals surface area (Å²) in [6, 6.07) is 8.02. The molecule has 1 fully saturated rings. The predicted octanol–water partition coefficient (Wildman–Crippen LogP) is 3.77. The molecule has 22 heavy (non-hydrogen) atoms. The Labute approximate surface area is 135 Å². The molecule has 124 valence electrons. The van der Waals surface area contributed by atoms with Crippen LogP contribution in [0.15, 0.2) is 29.7 Å². The van der Waals surface area contributed by atoms with Crippen LogP contribution in [0.25, 0.3) is 6.08 Å². The predicted molar refractivity (Wildman–Crippen MR) is 82.6 cm³/mol. The molecule has 1 saturated heterocycles. The molecule has 0 spiro atoms. The highest BCUT2D eigenvalue weighted by atomic mass is 35.5. The molecule has 1 heterocycles. The lowest BCUT2D eigenvalue weighted by Gasteiger charge is -2.08. The van der Waals surface area contributed by atoms with Gasteiger partial charge in [-0.1, -0.05) is 23.7 Å². The van der Waals surface area contributed by atoms with E-state index in [2.05, 4.69) is 23.6 Å². The molecule has 1 aromatic rings. The van der Waals surface area contributed by atoms with Gasteiger partial charge in [-0.05, 0) is 36.6 Å². The molecule has 3 nitrogen and oxygen atoms in total. The van der Waals surface area contributed by atoms with E-state index in [1.165, 1.54) is 29.9 Å². The van der Waals surface area contributed by atoms with E-state index in [0.717, 1.165) is 5.02 Å². The quantitative estimate of drug-likeness (QED) is 0.449. The van der Waals surface area contributed by atoms with E-state index in [-0.39, 0.29) is 0 Å². The van der Waals surface area contributed by atoms with Crippen LogP contribution in [0.2, 0.25) is 5.02 Å². The summed E-state index contributed by atoms with van der Waals surface area (Å²) in [5, 5.41) is 3.18. The fraction of sp³-hybridized carbons (Fsp3) is 0.385. The van der Waals surface area contributed by atoms with Gasteiger partial charge in [-0.25, -0.2) is 8.42 Å². The van der Waals surface area contributed by atoms with Crippen molar-refractivity contribution in [2.24, 2.45) is 0 Å². The average Bonchev–Trinajstić information content (AvgIpc) is 2.89. The maximum Gasteiger partial charge on any atom is 0.485 e. The van der Waals surface area contributed by atoms with Crippen LogP contribution < -0.4 is 0 Å². The Morgan fingerprint density at radius 1 is 1.14 bits per heavy atom. The van der Waals surface area contributed by atoms with E-state index < -0.39 is 15.6 Å². The van der Waals surface area contributed by atoms with Gasteiger partial charge in [0.1, 0.15) is 16.9 Å². The Morgan fingerprint density at radius 2 is 1.59 bits per heavy atom. The number of alkyl halides is 3. The van der Waals surface area contributed by atoms with Crippen LogP contribution in [-0.2, 0) is 21.0 Å². The maximum atomic E-state index is 10.7. The van der Waals surface area contributed by atoms with Crippen molar-refractivity contribution >= 4 is 38.7 Å². The van der Waals surface area contributed by atoms with Crippen molar-refractivity contribution in [3.05, 3.63) is 40.3 Å². The number of halogens is 4. The molecule has 0 bridgehead atoms. The third-order valence-electron chi connectivity index (χ3n) is 2.67. The summed E-state index contributed by atoms with van der Waals surface area (Å²) < 4.78 is 58.9. The largest absolute Gasteiger partial charge is 0.741 e. The summed E-state index contributed by atoms with van der Waals surface area (Å²) in [7, 11) is -5.54. The minimum absolute atomic E-state index is 0.553. The summed E-state index contributed by atoms with van der Waals surface area (Å²) in [5.74, 6) is 2.79. The van der Waals surface area contributed by atoms with Gasteiger partial charge in [0.15, 0.2) is 10.1 Å². The second-order valence-corrected chi connectivity index (χ2v) is 8.38. The van der Waals surface area contributed by atoms with Gasteiger partial charge in [0, 0.05) is 15.9 Å². The number of rotatable bonds is 2. The molecule has 1 aliphatic heterocycles. The standard InChI is InChI=1S/C12H14ClS.CHF3O3S/c13-12-5-3-11(4-6-12)7-10-14-8-1-2-9-14;2-1(3,4)8(5,6)7/h3-7,10H,1-2,8-9H2;(H,5,6,7)/q+1;/p-1/b10-7+;. The van der Waals surface area contributed by atoms with Crippen molar-refractivity contribution in [2.45, 2.75) is 18.3 Å². The Balaban J connectivity index is 0.000000261. The zero-order chi connectivity index (χ0) is 16.8. The van der Waals surface area contributed by atoms with Gasteiger partial charge in [-0.3, -0.25) is 0 Å². The van der Waals surface area contributed by atoms with Crippen LogP contribution in [0.4, 0.5) is 13.2 Å². The van der Waals surface area contributed by atoms with Crippen molar-refractivity contribution < 1.29 is 26.1 Å². The van der Waals surface area contributed by atoms with Gasteiger partial charge in [0.05, 0.1) is 0 Å². The SMILES string of the molecule is Clc1ccc(/C=C/[S+]2CCCC2)cc1.O=S(=O)([O-])C(F)(F)F. The van der Waals surface area contributed by atoms with Gasteiger partial charge < -0.3 is 4.55 Å². The fourth-order valence-corrected chi connectivity index (χ4v) is 3.66. The molecule has 0 saturated carbocycles. The molecule has 0 radical (unpaired) electrons. The highest BCUT2D eigenvalue weighted by Crippen LogP contribution is 2.20. The summed E-state index contributed by atoms with van der Waals surface area (Å²) in [5.41, 5.74) is -4.39. The third kappa shape index (κ3) is 7.04. The topological polar surface area (TPSA) is 57.2 Å². The zero-order valence-electron chi connectivity index (χ0n) is 11.3. The Bertz CT molecular complexity index is 592. The van der Waals surface area contributed by atoms with Crippen LogP contribution in [0.3, 0.4) is 0 Å². The smallest absolute Gasteiger partial charge is 0.485 e. The number of hydrogen-bond acceptors (Lipinski definition) is 3. The van der Waals surface area contributed by atoms with Crippen LogP contribution >= 0.6 is 11.6 Å². The number of hydrogen-bond donors (Lipinski definition) is 0. The molecule has 0 N–H and O–H groups in total. The van der Waals surface area contributed by atoms with E-state index in [0.29, 0.717) is 10.9 Å². The van der Waals surface area contributed by atoms with Crippen molar-refractivity contribution in [1.82, 2.24) is 0 Å². The van der Waals surface area contributed by atoms with Gasteiger partial charge >= 0.3 is 5.51 Å². The fourth-order valence-electron chi connectivity index (χ4n) is 1.56. The summed E-state index contributed by atoms with van der Waals surface area (Å²) in [6.45, 7) is 0. The molecule has 0 atom stereocenters. The summed E-state index contributed by atoms with van der Waals surface area (Å²) in [6.07, 6.45) is 5.05. The van der Waals surface area contributed by atoms with E-state index in [1.54, 1.807) is 0 Å². The molecule has 1 aliphatic rings. The third-order valence-corrected chi connectivity index (χ3v) is 5.64. The van der Waals surface area contributed by atoms with E-state index in [9.17, 15) is 13.2 Å². The van der Waals surface area contributed by atoms with Crippen molar-refractivity contribution in [3.8, 4) is 0 Å². The molecule has 9 heteroatoms. The summed E-state index contributed by atoms with van der Waals surface area (Å²) >= 11 is 5.82. The molecular formula is C13H14ClF3O3S2. The minimum atomic E-state index is -6.09. The average molecular weight is 375 g/mol. The highest BCUT2D eigenvalue weighted by molar-refractivity contribution is 7.99. The molecule has 0 aliphatic carbocycles. The van der Waals surface area contributed by atoms with E-state index >= 15 is 0 Å². The van der Waals surface area contributed by atoms with Crippen LogP contribution in [0.1, 0.15) is 18.4 Å². The second-order valence-electron chi connectivity index (χ2n) is 4.41. The van der Waals surface area contributed by atoms with E-state index in [1.807, 2.05) is 12.1 Å². The van der Waals surface area contributed by atoms with Crippen molar-refractivity contribution in [1.29, 1.82) is 0 Å². The van der Waals surface area contributed by atoms with Gasteiger partial charge in [-0.2, -0.15) is 13.2 Å².